The van der Waals surface area contributed by atoms with Gasteiger partial charge in [0.25, 0.3) is 0 Å². The second-order valence-corrected chi connectivity index (χ2v) is 7.19. The third kappa shape index (κ3) is 1.97. The Bertz CT molecular complexity index is 583. The van der Waals surface area contributed by atoms with E-state index in [1.54, 1.807) is 0 Å². The summed E-state index contributed by atoms with van der Waals surface area (Å²) in [4.78, 5) is 12.4. The zero-order valence-corrected chi connectivity index (χ0v) is 13.2. The van der Waals surface area contributed by atoms with E-state index >= 15 is 0 Å². The van der Waals surface area contributed by atoms with Crippen LogP contribution in [-0.2, 0) is 21.4 Å². The molecule has 21 heavy (non-hydrogen) atoms. The summed E-state index contributed by atoms with van der Waals surface area (Å²) in [5.41, 5.74) is 9.23. The van der Waals surface area contributed by atoms with Gasteiger partial charge >= 0.3 is 5.97 Å². The van der Waals surface area contributed by atoms with Crippen molar-refractivity contribution in [3.63, 3.8) is 0 Å². The van der Waals surface area contributed by atoms with E-state index in [1.165, 1.54) is 18.2 Å². The number of esters is 1. The molecule has 0 aromatic heterocycles. The van der Waals surface area contributed by atoms with E-state index in [-0.39, 0.29) is 16.8 Å². The highest BCUT2D eigenvalue weighted by Crippen LogP contribution is 2.57. The molecule has 3 atom stereocenters. The maximum absolute atomic E-state index is 12.4. The Morgan fingerprint density at radius 1 is 1.33 bits per heavy atom. The zero-order chi connectivity index (χ0) is 15.3. The molecule has 1 aromatic rings. The number of aryl methyl sites for hydroxylation is 1. The van der Waals surface area contributed by atoms with Crippen LogP contribution in [0.3, 0.4) is 0 Å². The summed E-state index contributed by atoms with van der Waals surface area (Å²) in [5, 5.41) is 0. The Morgan fingerprint density at radius 2 is 2.10 bits per heavy atom. The molecule has 2 N–H and O–H groups in total. The number of carbonyl (C=O) groups excluding carboxylic acids is 1. The fraction of sp³-hybridized carbons (Fsp3) is 0.611. The highest BCUT2D eigenvalue weighted by Gasteiger charge is 2.55. The molecule has 0 amide bonds. The van der Waals surface area contributed by atoms with Gasteiger partial charge in [-0.3, -0.25) is 4.79 Å². The molecule has 114 valence electrons. The van der Waals surface area contributed by atoms with Crippen molar-refractivity contribution in [2.24, 2.45) is 11.3 Å². The average molecular weight is 287 g/mol. The van der Waals surface area contributed by atoms with E-state index in [4.69, 9.17) is 10.5 Å². The number of hydrogen-bond donors (Lipinski definition) is 1. The molecule has 2 aliphatic rings. The summed E-state index contributed by atoms with van der Waals surface area (Å²) in [6.45, 7) is 4.43. The molecule has 1 saturated carbocycles. The van der Waals surface area contributed by atoms with Gasteiger partial charge in [-0.1, -0.05) is 19.4 Å². The number of nitrogen functional groups attached to an aromatic ring is 1. The van der Waals surface area contributed by atoms with Gasteiger partial charge in [0, 0.05) is 5.69 Å². The summed E-state index contributed by atoms with van der Waals surface area (Å²) in [7, 11) is 1.51. The second kappa shape index (κ2) is 4.75. The maximum Gasteiger partial charge on any atom is 0.311 e. The highest BCUT2D eigenvalue weighted by atomic mass is 16.5. The normalized spacial score (nSPS) is 34.7. The van der Waals surface area contributed by atoms with Crippen LogP contribution in [0.1, 0.15) is 50.7 Å². The summed E-state index contributed by atoms with van der Waals surface area (Å²) in [6.07, 6.45) is 5.19. The lowest BCUT2D eigenvalue weighted by atomic mass is 9.50. The largest absolute Gasteiger partial charge is 0.469 e. The van der Waals surface area contributed by atoms with E-state index < -0.39 is 0 Å². The predicted octanol–water partition coefficient (Wildman–Crippen LogP) is 3.45. The summed E-state index contributed by atoms with van der Waals surface area (Å²) < 4.78 is 5.13. The first-order valence-corrected chi connectivity index (χ1v) is 7.89. The number of anilines is 1. The van der Waals surface area contributed by atoms with Crippen molar-refractivity contribution in [2.45, 2.75) is 51.4 Å². The number of nitrogens with two attached hydrogens (primary N) is 1. The first-order chi connectivity index (χ1) is 9.91. The average Bonchev–Trinajstić information content (AvgIpc) is 2.45. The summed E-state index contributed by atoms with van der Waals surface area (Å²) >= 11 is 0. The van der Waals surface area contributed by atoms with Gasteiger partial charge in [0.05, 0.1) is 12.5 Å². The molecule has 3 heteroatoms. The van der Waals surface area contributed by atoms with Crippen molar-refractivity contribution in [2.75, 3.05) is 12.8 Å². The van der Waals surface area contributed by atoms with Crippen LogP contribution in [-0.4, -0.2) is 13.1 Å². The van der Waals surface area contributed by atoms with Crippen LogP contribution >= 0.6 is 0 Å². The molecule has 3 rings (SSSR count). The molecule has 3 nitrogen and oxygen atoms in total. The molecular formula is C18H25NO2. The minimum atomic E-state index is -0.360. The quantitative estimate of drug-likeness (QED) is 0.636. The van der Waals surface area contributed by atoms with Gasteiger partial charge in [-0.2, -0.15) is 0 Å². The van der Waals surface area contributed by atoms with Gasteiger partial charge in [0.1, 0.15) is 0 Å². The third-order valence-corrected chi connectivity index (χ3v) is 6.03. The molecule has 0 heterocycles. The summed E-state index contributed by atoms with van der Waals surface area (Å²) in [6, 6.07) is 6.29. The smallest absolute Gasteiger partial charge is 0.311 e. The van der Waals surface area contributed by atoms with Crippen LogP contribution in [0.25, 0.3) is 0 Å². The van der Waals surface area contributed by atoms with Crippen LogP contribution in [0.2, 0.25) is 0 Å². The highest BCUT2D eigenvalue weighted by molar-refractivity contribution is 5.77. The number of methoxy groups -OCH3 is 1. The fourth-order valence-corrected chi connectivity index (χ4v) is 4.99. The second-order valence-electron chi connectivity index (χ2n) is 7.19. The van der Waals surface area contributed by atoms with Crippen molar-refractivity contribution in [3.05, 3.63) is 29.3 Å². The lowest BCUT2D eigenvalue weighted by Crippen LogP contribution is -2.52. The van der Waals surface area contributed by atoms with E-state index in [0.29, 0.717) is 5.92 Å². The van der Waals surface area contributed by atoms with Crippen molar-refractivity contribution >= 4 is 11.7 Å². The molecule has 0 bridgehead atoms. The Kier molecular flexibility index (Phi) is 3.27. The van der Waals surface area contributed by atoms with Crippen LogP contribution in [0.4, 0.5) is 5.69 Å². The molecule has 1 fully saturated rings. The molecule has 0 unspecified atom stereocenters. The minimum absolute atomic E-state index is 0.0441. The van der Waals surface area contributed by atoms with Crippen molar-refractivity contribution in [1.82, 2.24) is 0 Å². The molecule has 1 aromatic carbocycles. The first-order valence-electron chi connectivity index (χ1n) is 7.89. The Morgan fingerprint density at radius 3 is 2.81 bits per heavy atom. The lowest BCUT2D eigenvalue weighted by molar-refractivity contribution is -0.161. The SMILES string of the molecule is COC(=O)[C@]1(C)CCC[C@]2(C)c3ccc(N)cc3CC[C@@H]12. The molecule has 0 radical (unpaired) electrons. The minimum Gasteiger partial charge on any atom is -0.469 e. The van der Waals surface area contributed by atoms with Gasteiger partial charge in [0.2, 0.25) is 0 Å². The van der Waals surface area contributed by atoms with Gasteiger partial charge in [-0.05, 0) is 67.2 Å². The van der Waals surface area contributed by atoms with Crippen LogP contribution < -0.4 is 5.73 Å². The Labute approximate surface area is 126 Å². The number of hydrogen-bond acceptors (Lipinski definition) is 3. The molecule has 2 aliphatic carbocycles. The van der Waals surface area contributed by atoms with Crippen LogP contribution in [0, 0.1) is 11.3 Å². The zero-order valence-electron chi connectivity index (χ0n) is 13.2. The molecule has 0 aliphatic heterocycles. The summed E-state index contributed by atoms with van der Waals surface area (Å²) in [5.74, 6) is 0.305. The van der Waals surface area contributed by atoms with Gasteiger partial charge in [-0.25, -0.2) is 0 Å². The van der Waals surface area contributed by atoms with Crippen molar-refractivity contribution < 1.29 is 9.53 Å². The van der Waals surface area contributed by atoms with E-state index in [9.17, 15) is 4.79 Å². The topological polar surface area (TPSA) is 52.3 Å². The Hall–Kier alpha value is -1.51. The van der Waals surface area contributed by atoms with E-state index in [2.05, 4.69) is 26.0 Å². The third-order valence-electron chi connectivity index (χ3n) is 6.03. The molecule has 0 saturated heterocycles. The lowest BCUT2D eigenvalue weighted by Gasteiger charge is -2.54. The maximum atomic E-state index is 12.4. The van der Waals surface area contributed by atoms with Crippen molar-refractivity contribution in [1.29, 1.82) is 0 Å². The molecule has 0 spiro atoms. The Balaban J connectivity index is 2.09. The van der Waals surface area contributed by atoms with Gasteiger partial charge in [0.15, 0.2) is 0 Å². The van der Waals surface area contributed by atoms with Gasteiger partial charge < -0.3 is 10.5 Å². The van der Waals surface area contributed by atoms with E-state index in [0.717, 1.165) is 37.8 Å². The fourth-order valence-electron chi connectivity index (χ4n) is 4.99. The first kappa shape index (κ1) is 14.4. The van der Waals surface area contributed by atoms with Crippen LogP contribution in [0.15, 0.2) is 18.2 Å². The monoisotopic (exact) mass is 287 g/mol. The number of benzene rings is 1. The molecular weight excluding hydrogens is 262 g/mol. The van der Waals surface area contributed by atoms with Crippen molar-refractivity contribution in [3.8, 4) is 0 Å². The van der Waals surface area contributed by atoms with Crippen LogP contribution in [0.5, 0.6) is 0 Å². The number of ether oxygens (including phenoxy) is 1. The number of rotatable bonds is 1. The van der Waals surface area contributed by atoms with E-state index in [1.807, 2.05) is 6.07 Å². The number of fused-ring (bicyclic) bond motifs is 3. The predicted molar refractivity (Wildman–Crippen MR) is 84.0 cm³/mol. The standard InChI is InChI=1S/C18H25NO2/c1-17-9-4-10-18(2,16(20)21-3)15(17)8-5-12-11-13(19)6-7-14(12)17/h6-7,11,15H,4-5,8-10,19H2,1-3H3/t15-,17-,18-/m1/s1. The van der Waals surface area contributed by atoms with Gasteiger partial charge in [-0.15, -0.1) is 0 Å². The number of carbonyl (C=O) groups is 1.